The van der Waals surface area contributed by atoms with Crippen molar-refractivity contribution in [2.24, 2.45) is 11.3 Å². The second-order valence-electron chi connectivity index (χ2n) is 6.61. The fraction of sp³-hybridized carbons (Fsp3) is 0.368. The van der Waals surface area contributed by atoms with Crippen molar-refractivity contribution in [3.8, 4) is 0 Å². The summed E-state index contributed by atoms with van der Waals surface area (Å²) < 4.78 is 0. The van der Waals surface area contributed by atoms with Gasteiger partial charge in [-0.05, 0) is 39.7 Å². The zero-order chi connectivity index (χ0) is 14.0. The molecule has 1 aliphatic carbocycles. The molecule has 0 N–H and O–H groups in total. The summed E-state index contributed by atoms with van der Waals surface area (Å²) in [6, 6.07) is 10.6. The van der Waals surface area contributed by atoms with E-state index in [4.69, 9.17) is 0 Å². The van der Waals surface area contributed by atoms with E-state index in [0.29, 0.717) is 5.92 Å². The van der Waals surface area contributed by atoms with E-state index < -0.39 is 0 Å². The lowest BCUT2D eigenvalue weighted by Crippen LogP contribution is -2.06. The molecule has 0 unspecified atom stereocenters. The number of rotatable bonds is 2. The van der Waals surface area contributed by atoms with E-state index in [1.165, 1.54) is 22.3 Å². The lowest BCUT2D eigenvalue weighted by molar-refractivity contribution is 0.518. The van der Waals surface area contributed by atoms with Crippen molar-refractivity contribution in [2.45, 2.75) is 34.6 Å². The van der Waals surface area contributed by atoms with Crippen LogP contribution in [0.1, 0.15) is 40.2 Å². The van der Waals surface area contributed by atoms with E-state index in [-0.39, 0.29) is 5.41 Å². The van der Waals surface area contributed by atoms with E-state index in [2.05, 4.69) is 83.2 Å². The number of hydrogen-bond donors (Lipinski definition) is 0. The van der Waals surface area contributed by atoms with Gasteiger partial charge >= 0.3 is 0 Å². The smallest absolute Gasteiger partial charge is 0.0132 e. The zero-order valence-electron chi connectivity index (χ0n) is 12.7. The third-order valence-corrected chi connectivity index (χ3v) is 3.57. The molecule has 0 nitrogen and oxygen atoms in total. The molecule has 0 heteroatoms. The molecule has 0 bridgehead atoms. The summed E-state index contributed by atoms with van der Waals surface area (Å²) in [5, 5.41) is 0. The van der Waals surface area contributed by atoms with Crippen LogP contribution in [0.4, 0.5) is 0 Å². The number of allylic oxidation sites excluding steroid dienone is 5. The molecule has 0 amide bonds. The van der Waals surface area contributed by atoms with Crippen molar-refractivity contribution >= 4 is 6.08 Å². The molecule has 1 aromatic carbocycles. The summed E-state index contributed by atoms with van der Waals surface area (Å²) in [4.78, 5) is 0. The van der Waals surface area contributed by atoms with Gasteiger partial charge in [-0.2, -0.15) is 0 Å². The molecule has 2 rings (SSSR count). The lowest BCUT2D eigenvalue weighted by atomic mass is 9.87. The maximum Gasteiger partial charge on any atom is -0.0132 e. The minimum absolute atomic E-state index is 0.215. The van der Waals surface area contributed by atoms with Crippen molar-refractivity contribution in [1.82, 2.24) is 0 Å². The second kappa shape index (κ2) is 5.21. The quantitative estimate of drug-likeness (QED) is 0.639. The lowest BCUT2D eigenvalue weighted by Gasteiger charge is -2.18. The van der Waals surface area contributed by atoms with Gasteiger partial charge in [-0.15, -0.1) is 0 Å². The van der Waals surface area contributed by atoms with Crippen molar-refractivity contribution in [3.63, 3.8) is 0 Å². The minimum Gasteiger partial charge on any atom is -0.0622 e. The van der Waals surface area contributed by atoms with E-state index in [1.54, 1.807) is 0 Å². The van der Waals surface area contributed by atoms with Gasteiger partial charge in [0.2, 0.25) is 0 Å². The fourth-order valence-electron chi connectivity index (χ4n) is 2.33. The van der Waals surface area contributed by atoms with Gasteiger partial charge in [-0.1, -0.05) is 77.1 Å². The van der Waals surface area contributed by atoms with Crippen LogP contribution < -0.4 is 0 Å². The fourth-order valence-corrected chi connectivity index (χ4v) is 2.33. The maximum absolute atomic E-state index is 2.37. The molecular formula is C19H24. The van der Waals surface area contributed by atoms with E-state index in [9.17, 15) is 0 Å². The van der Waals surface area contributed by atoms with Crippen LogP contribution in [-0.4, -0.2) is 0 Å². The molecule has 0 saturated carbocycles. The molecule has 0 fully saturated rings. The Morgan fingerprint density at radius 1 is 0.947 bits per heavy atom. The Morgan fingerprint density at radius 3 is 2.11 bits per heavy atom. The SMILES string of the molecule is CC(C)C1=CC(C(C)(C)C)=CC1=Cc1ccccc1. The molecule has 0 aromatic heterocycles. The first-order chi connectivity index (χ1) is 8.88. The highest BCUT2D eigenvalue weighted by molar-refractivity contribution is 5.68. The van der Waals surface area contributed by atoms with Crippen LogP contribution >= 0.6 is 0 Å². The summed E-state index contributed by atoms with van der Waals surface area (Å²) in [7, 11) is 0. The third kappa shape index (κ3) is 3.26. The first-order valence-electron chi connectivity index (χ1n) is 7.09. The topological polar surface area (TPSA) is 0 Å². The van der Waals surface area contributed by atoms with Crippen molar-refractivity contribution < 1.29 is 0 Å². The molecule has 0 spiro atoms. The highest BCUT2D eigenvalue weighted by Gasteiger charge is 2.23. The Kier molecular flexibility index (Phi) is 3.80. The molecule has 19 heavy (non-hydrogen) atoms. The van der Waals surface area contributed by atoms with Gasteiger partial charge in [0, 0.05) is 0 Å². The van der Waals surface area contributed by atoms with Crippen LogP contribution in [0, 0.1) is 11.3 Å². The van der Waals surface area contributed by atoms with Crippen molar-refractivity contribution in [3.05, 3.63) is 64.8 Å². The van der Waals surface area contributed by atoms with Crippen LogP contribution in [0.2, 0.25) is 0 Å². The summed E-state index contributed by atoms with van der Waals surface area (Å²) in [6.07, 6.45) is 7.02. The number of benzene rings is 1. The average molecular weight is 252 g/mol. The molecule has 0 heterocycles. The predicted octanol–water partition coefficient (Wildman–Crippen LogP) is 5.64. The van der Waals surface area contributed by atoms with Gasteiger partial charge in [0.15, 0.2) is 0 Å². The molecule has 1 aliphatic rings. The van der Waals surface area contributed by atoms with Crippen molar-refractivity contribution in [1.29, 1.82) is 0 Å². The Labute approximate surface area is 117 Å². The first-order valence-corrected chi connectivity index (χ1v) is 7.09. The molecule has 0 radical (unpaired) electrons. The Morgan fingerprint density at radius 2 is 1.58 bits per heavy atom. The van der Waals surface area contributed by atoms with Gasteiger partial charge in [-0.3, -0.25) is 0 Å². The van der Waals surface area contributed by atoms with E-state index >= 15 is 0 Å². The molecule has 0 aliphatic heterocycles. The molecule has 0 saturated heterocycles. The van der Waals surface area contributed by atoms with Gasteiger partial charge < -0.3 is 0 Å². The third-order valence-electron chi connectivity index (χ3n) is 3.57. The summed E-state index contributed by atoms with van der Waals surface area (Å²) in [5.74, 6) is 0.561. The van der Waals surface area contributed by atoms with Gasteiger partial charge in [0.05, 0.1) is 0 Å². The van der Waals surface area contributed by atoms with Gasteiger partial charge in [0.1, 0.15) is 0 Å². The Bertz CT molecular complexity index is 531. The predicted molar refractivity (Wildman–Crippen MR) is 84.9 cm³/mol. The molecule has 1 aromatic rings. The monoisotopic (exact) mass is 252 g/mol. The van der Waals surface area contributed by atoms with Gasteiger partial charge in [-0.25, -0.2) is 0 Å². The maximum atomic E-state index is 2.37. The highest BCUT2D eigenvalue weighted by atomic mass is 14.3. The van der Waals surface area contributed by atoms with E-state index in [0.717, 1.165) is 0 Å². The molecule has 100 valence electrons. The normalized spacial score (nSPS) is 17.9. The van der Waals surface area contributed by atoms with Crippen LogP contribution in [0.3, 0.4) is 0 Å². The average Bonchev–Trinajstić information content (AvgIpc) is 2.74. The minimum atomic E-state index is 0.215. The van der Waals surface area contributed by atoms with Gasteiger partial charge in [0.25, 0.3) is 0 Å². The largest absolute Gasteiger partial charge is 0.0622 e. The molecular weight excluding hydrogens is 228 g/mol. The van der Waals surface area contributed by atoms with Crippen LogP contribution in [0.15, 0.2) is 59.2 Å². The Hall–Kier alpha value is -1.56. The standard InChI is InChI=1S/C19H24/c1-14(2)18-13-17(19(3,4)5)12-16(18)11-15-9-7-6-8-10-15/h6-14H,1-5H3. The zero-order valence-corrected chi connectivity index (χ0v) is 12.7. The van der Waals surface area contributed by atoms with Crippen LogP contribution in [0.5, 0.6) is 0 Å². The number of hydrogen-bond acceptors (Lipinski definition) is 0. The van der Waals surface area contributed by atoms with Crippen LogP contribution in [0.25, 0.3) is 6.08 Å². The molecule has 0 atom stereocenters. The highest BCUT2D eigenvalue weighted by Crippen LogP contribution is 2.38. The Balaban J connectivity index is 2.42. The van der Waals surface area contributed by atoms with Crippen molar-refractivity contribution in [2.75, 3.05) is 0 Å². The first kappa shape index (κ1) is 13.9. The summed E-state index contributed by atoms with van der Waals surface area (Å²) in [5.41, 5.74) is 5.74. The van der Waals surface area contributed by atoms with Crippen LogP contribution in [-0.2, 0) is 0 Å². The summed E-state index contributed by atoms with van der Waals surface area (Å²) in [6.45, 7) is 11.4. The second-order valence-corrected chi connectivity index (χ2v) is 6.61. The summed E-state index contributed by atoms with van der Waals surface area (Å²) >= 11 is 0. The van der Waals surface area contributed by atoms with E-state index in [1.807, 2.05) is 0 Å².